The number of benzene rings is 1. The Morgan fingerprint density at radius 3 is 2.50 bits per heavy atom. The van der Waals surface area contributed by atoms with Crippen LogP contribution in [0.4, 0.5) is 5.82 Å². The SMILES string of the molecule is Cn1c(N)c(C(=O)CSc2ccccc2Br)c(=O)n(C)c1=O. The number of nitrogens with two attached hydrogens (primary N) is 1. The molecule has 116 valence electrons. The molecule has 2 aromatic rings. The second-order valence-electron chi connectivity index (χ2n) is 4.61. The van der Waals surface area contributed by atoms with E-state index >= 15 is 0 Å². The Bertz CT molecular complexity index is 857. The second kappa shape index (κ2) is 6.53. The van der Waals surface area contributed by atoms with Crippen LogP contribution in [0.3, 0.4) is 0 Å². The predicted molar refractivity (Wildman–Crippen MR) is 90.5 cm³/mol. The molecule has 2 rings (SSSR count). The summed E-state index contributed by atoms with van der Waals surface area (Å²) in [7, 11) is 2.75. The minimum absolute atomic E-state index is 0.0558. The highest BCUT2D eigenvalue weighted by Gasteiger charge is 2.20. The Kier molecular flexibility index (Phi) is 4.92. The molecular formula is C14H14BrN3O3S. The summed E-state index contributed by atoms with van der Waals surface area (Å²) in [6.45, 7) is 0. The number of thioether (sulfide) groups is 1. The first-order chi connectivity index (χ1) is 10.3. The number of halogens is 1. The minimum atomic E-state index is -0.668. The maximum absolute atomic E-state index is 12.3. The Labute approximate surface area is 139 Å². The summed E-state index contributed by atoms with van der Waals surface area (Å²) >= 11 is 4.69. The molecule has 0 fully saturated rings. The first kappa shape index (κ1) is 16.6. The van der Waals surface area contributed by atoms with E-state index < -0.39 is 17.0 Å². The monoisotopic (exact) mass is 383 g/mol. The third-order valence-electron chi connectivity index (χ3n) is 3.18. The van der Waals surface area contributed by atoms with Gasteiger partial charge in [-0.15, -0.1) is 11.8 Å². The van der Waals surface area contributed by atoms with Gasteiger partial charge in [0.15, 0.2) is 5.78 Å². The molecule has 0 atom stereocenters. The first-order valence-electron chi connectivity index (χ1n) is 6.30. The largest absolute Gasteiger partial charge is 0.384 e. The Morgan fingerprint density at radius 1 is 1.23 bits per heavy atom. The highest BCUT2D eigenvalue weighted by molar-refractivity contribution is 9.10. The zero-order valence-corrected chi connectivity index (χ0v) is 14.4. The van der Waals surface area contributed by atoms with Gasteiger partial charge in [-0.05, 0) is 28.1 Å². The average Bonchev–Trinajstić information content (AvgIpc) is 2.50. The molecule has 1 heterocycles. The van der Waals surface area contributed by atoms with Gasteiger partial charge in [0.1, 0.15) is 11.4 Å². The fourth-order valence-electron chi connectivity index (χ4n) is 1.90. The van der Waals surface area contributed by atoms with E-state index in [4.69, 9.17) is 5.73 Å². The number of Topliss-reactive ketones (excluding diaryl/α,β-unsaturated/α-hetero) is 1. The topological polar surface area (TPSA) is 87.1 Å². The minimum Gasteiger partial charge on any atom is -0.384 e. The van der Waals surface area contributed by atoms with Crippen molar-refractivity contribution >= 4 is 39.3 Å². The van der Waals surface area contributed by atoms with E-state index in [0.717, 1.165) is 18.5 Å². The summed E-state index contributed by atoms with van der Waals surface area (Å²) in [6.07, 6.45) is 0. The Hall–Kier alpha value is -1.80. The van der Waals surface area contributed by atoms with Crippen molar-refractivity contribution in [3.63, 3.8) is 0 Å². The number of ketones is 1. The van der Waals surface area contributed by atoms with Gasteiger partial charge in [0.25, 0.3) is 5.56 Å². The number of anilines is 1. The summed E-state index contributed by atoms with van der Waals surface area (Å²) in [5, 5.41) is 0. The molecule has 0 spiro atoms. The summed E-state index contributed by atoms with van der Waals surface area (Å²) in [4.78, 5) is 37.1. The molecule has 6 nitrogen and oxygen atoms in total. The number of nitrogens with zero attached hydrogens (tertiary/aromatic N) is 2. The molecule has 0 amide bonds. The third kappa shape index (κ3) is 3.02. The van der Waals surface area contributed by atoms with Crippen LogP contribution in [0.15, 0.2) is 43.2 Å². The Balaban J connectivity index is 2.34. The average molecular weight is 384 g/mol. The van der Waals surface area contributed by atoms with E-state index in [-0.39, 0.29) is 17.1 Å². The molecule has 0 aliphatic rings. The summed E-state index contributed by atoms with van der Waals surface area (Å²) < 4.78 is 2.85. The summed E-state index contributed by atoms with van der Waals surface area (Å²) in [5.74, 6) is -0.458. The van der Waals surface area contributed by atoms with Crippen LogP contribution in [-0.4, -0.2) is 20.7 Å². The molecular weight excluding hydrogens is 370 g/mol. The molecule has 0 saturated carbocycles. The van der Waals surface area contributed by atoms with Gasteiger partial charge in [0.2, 0.25) is 0 Å². The normalized spacial score (nSPS) is 10.7. The zero-order chi connectivity index (χ0) is 16.4. The van der Waals surface area contributed by atoms with Crippen LogP contribution in [0.5, 0.6) is 0 Å². The van der Waals surface area contributed by atoms with Crippen LogP contribution < -0.4 is 17.0 Å². The van der Waals surface area contributed by atoms with E-state index in [1.165, 1.54) is 25.9 Å². The van der Waals surface area contributed by atoms with E-state index in [1.807, 2.05) is 24.3 Å². The van der Waals surface area contributed by atoms with Crippen molar-refractivity contribution in [2.75, 3.05) is 11.5 Å². The van der Waals surface area contributed by atoms with Crippen LogP contribution in [0.25, 0.3) is 0 Å². The maximum atomic E-state index is 12.3. The third-order valence-corrected chi connectivity index (χ3v) is 5.21. The molecule has 0 bridgehead atoms. The molecule has 2 N–H and O–H groups in total. The van der Waals surface area contributed by atoms with Crippen LogP contribution in [0.2, 0.25) is 0 Å². The fraction of sp³-hybridized carbons (Fsp3) is 0.214. The number of hydrogen-bond donors (Lipinski definition) is 1. The van der Waals surface area contributed by atoms with Gasteiger partial charge in [-0.2, -0.15) is 0 Å². The van der Waals surface area contributed by atoms with Crippen molar-refractivity contribution in [2.24, 2.45) is 14.1 Å². The van der Waals surface area contributed by atoms with Crippen LogP contribution in [0.1, 0.15) is 10.4 Å². The molecule has 0 radical (unpaired) electrons. The van der Waals surface area contributed by atoms with Crippen molar-refractivity contribution < 1.29 is 4.79 Å². The van der Waals surface area contributed by atoms with Crippen molar-refractivity contribution in [3.8, 4) is 0 Å². The summed E-state index contributed by atoms with van der Waals surface area (Å²) in [6, 6.07) is 7.46. The molecule has 0 aliphatic heterocycles. The molecule has 8 heteroatoms. The van der Waals surface area contributed by atoms with E-state index in [1.54, 1.807) is 0 Å². The van der Waals surface area contributed by atoms with Crippen LogP contribution in [0, 0.1) is 0 Å². The highest BCUT2D eigenvalue weighted by atomic mass is 79.9. The molecule has 0 unspecified atom stereocenters. The lowest BCUT2D eigenvalue weighted by molar-refractivity contribution is 0.102. The van der Waals surface area contributed by atoms with E-state index in [0.29, 0.717) is 0 Å². The number of nitrogen functional groups attached to an aromatic ring is 1. The van der Waals surface area contributed by atoms with E-state index in [9.17, 15) is 14.4 Å². The fourth-order valence-corrected chi connectivity index (χ4v) is 3.34. The number of rotatable bonds is 4. The van der Waals surface area contributed by atoms with Crippen LogP contribution >= 0.6 is 27.7 Å². The molecule has 22 heavy (non-hydrogen) atoms. The van der Waals surface area contributed by atoms with Crippen molar-refractivity contribution in [1.29, 1.82) is 0 Å². The van der Waals surface area contributed by atoms with Gasteiger partial charge in [-0.1, -0.05) is 12.1 Å². The number of carbonyl (C=O) groups is 1. The zero-order valence-electron chi connectivity index (χ0n) is 12.0. The van der Waals surface area contributed by atoms with Gasteiger partial charge in [0.05, 0.1) is 5.75 Å². The number of carbonyl (C=O) groups excluding carboxylic acids is 1. The molecule has 1 aromatic carbocycles. The smallest absolute Gasteiger partial charge is 0.332 e. The van der Waals surface area contributed by atoms with Crippen molar-refractivity contribution in [2.45, 2.75) is 4.90 Å². The van der Waals surface area contributed by atoms with Gasteiger partial charge < -0.3 is 5.73 Å². The van der Waals surface area contributed by atoms with Gasteiger partial charge >= 0.3 is 5.69 Å². The van der Waals surface area contributed by atoms with Gasteiger partial charge in [-0.3, -0.25) is 18.7 Å². The summed E-state index contributed by atoms with van der Waals surface area (Å²) in [5.41, 5.74) is 4.39. The number of hydrogen-bond acceptors (Lipinski definition) is 5. The van der Waals surface area contributed by atoms with E-state index in [2.05, 4.69) is 15.9 Å². The van der Waals surface area contributed by atoms with Gasteiger partial charge in [-0.25, -0.2) is 4.79 Å². The lowest BCUT2D eigenvalue weighted by Gasteiger charge is -2.10. The van der Waals surface area contributed by atoms with Crippen molar-refractivity contribution in [1.82, 2.24) is 9.13 Å². The first-order valence-corrected chi connectivity index (χ1v) is 8.08. The molecule has 0 aliphatic carbocycles. The number of aromatic nitrogens is 2. The van der Waals surface area contributed by atoms with Gasteiger partial charge in [0, 0.05) is 23.5 Å². The lowest BCUT2D eigenvalue weighted by Crippen LogP contribution is -2.41. The van der Waals surface area contributed by atoms with Crippen molar-refractivity contribution in [3.05, 3.63) is 55.1 Å². The quantitative estimate of drug-likeness (QED) is 0.636. The molecule has 1 aromatic heterocycles. The second-order valence-corrected chi connectivity index (χ2v) is 6.48. The van der Waals surface area contributed by atoms with Crippen LogP contribution in [-0.2, 0) is 14.1 Å². The lowest BCUT2D eigenvalue weighted by atomic mass is 10.2. The standard InChI is InChI=1S/C14H14BrN3O3S/c1-17-12(16)11(13(20)18(2)14(17)21)9(19)7-22-10-6-4-3-5-8(10)15/h3-6H,7,16H2,1-2H3. The predicted octanol–water partition coefficient (Wildman–Crippen LogP) is 1.40. The Morgan fingerprint density at radius 2 is 1.86 bits per heavy atom. The maximum Gasteiger partial charge on any atom is 0.332 e. The highest BCUT2D eigenvalue weighted by Crippen LogP contribution is 2.27. The molecule has 0 saturated heterocycles.